The molecule has 0 aliphatic heterocycles. The number of ether oxygens (including phenoxy) is 1. The Kier molecular flexibility index (Phi) is 8.88. The van der Waals surface area contributed by atoms with Crippen molar-refractivity contribution in [2.75, 3.05) is 25.2 Å². The summed E-state index contributed by atoms with van der Waals surface area (Å²) in [7, 11) is -2.06. The molecule has 8 nitrogen and oxygen atoms in total. The minimum atomic E-state index is -3.65. The van der Waals surface area contributed by atoms with E-state index in [9.17, 15) is 13.2 Å². The number of sulfonamides is 1. The summed E-state index contributed by atoms with van der Waals surface area (Å²) in [5.41, 5.74) is 1.83. The van der Waals surface area contributed by atoms with Gasteiger partial charge in [0.15, 0.2) is 0 Å². The monoisotopic (exact) mass is 550 g/mol. The van der Waals surface area contributed by atoms with E-state index in [-0.39, 0.29) is 4.90 Å². The molecule has 1 aromatic heterocycles. The molecule has 0 spiro atoms. The maximum atomic E-state index is 13.7. The Morgan fingerprint density at radius 3 is 2.32 bits per heavy atom. The number of aromatic nitrogens is 1. The van der Waals surface area contributed by atoms with Crippen LogP contribution in [0.1, 0.15) is 42.6 Å². The van der Waals surface area contributed by atoms with Crippen molar-refractivity contribution >= 4 is 48.8 Å². The summed E-state index contributed by atoms with van der Waals surface area (Å²) in [5, 5.41) is 6.11. The molecule has 38 heavy (non-hydrogen) atoms. The van der Waals surface area contributed by atoms with Crippen molar-refractivity contribution in [3.05, 3.63) is 83.9 Å². The number of carbonyl (C=O) groups is 1. The van der Waals surface area contributed by atoms with Crippen LogP contribution in [0.2, 0.25) is 0 Å². The number of hydrogen-bond acceptors (Lipinski definition) is 7. The Labute approximate surface area is 227 Å². The Bertz CT molecular complexity index is 1510. The Hall–Kier alpha value is -3.60. The molecule has 0 saturated heterocycles. The number of fused-ring (bicyclic) bond motifs is 1. The number of benzene rings is 3. The molecule has 0 N–H and O–H groups in total. The number of carbonyl (C=O) groups excluding carboxylic acids is 1. The third-order valence-corrected chi connectivity index (χ3v) is 8.67. The average molecular weight is 551 g/mol. The van der Waals surface area contributed by atoms with Gasteiger partial charge in [0.25, 0.3) is 5.91 Å². The predicted molar refractivity (Wildman–Crippen MR) is 153 cm³/mol. The second-order valence-corrected chi connectivity index (χ2v) is 11.5. The van der Waals surface area contributed by atoms with Gasteiger partial charge in [-0.3, -0.25) is 4.79 Å². The minimum absolute atomic E-state index is 0.155. The second kappa shape index (κ2) is 12.3. The number of nitrogens with zero attached hydrogens (tertiary/aromatic N) is 4. The maximum absolute atomic E-state index is 13.7. The number of hydrogen-bond donors (Lipinski definition) is 0. The molecule has 0 aliphatic rings. The molecule has 0 fully saturated rings. The normalized spacial score (nSPS) is 11.9. The topological polar surface area (TPSA) is 92.2 Å². The summed E-state index contributed by atoms with van der Waals surface area (Å²) in [6, 6.07) is 20.9. The third kappa shape index (κ3) is 6.09. The van der Waals surface area contributed by atoms with E-state index < -0.39 is 15.9 Å². The molecule has 0 radical (unpaired) electrons. The molecule has 10 heteroatoms. The van der Waals surface area contributed by atoms with Crippen molar-refractivity contribution in [2.45, 2.75) is 31.6 Å². The number of thiazole rings is 1. The van der Waals surface area contributed by atoms with Crippen LogP contribution >= 0.6 is 11.3 Å². The van der Waals surface area contributed by atoms with Gasteiger partial charge in [-0.2, -0.15) is 14.4 Å². The van der Waals surface area contributed by atoms with Crippen molar-refractivity contribution in [2.24, 2.45) is 5.10 Å². The summed E-state index contributed by atoms with van der Waals surface area (Å²) >= 11 is 1.31. The van der Waals surface area contributed by atoms with E-state index in [0.717, 1.165) is 23.1 Å². The smallest absolute Gasteiger partial charge is 0.280 e. The molecule has 0 unspecified atom stereocenters. The molecule has 0 bridgehead atoms. The van der Waals surface area contributed by atoms with Gasteiger partial charge in [-0.05, 0) is 60.9 Å². The van der Waals surface area contributed by atoms with Crippen LogP contribution in [0, 0.1) is 0 Å². The molecule has 0 saturated carbocycles. The van der Waals surface area contributed by atoms with Crippen LogP contribution in [0.5, 0.6) is 5.75 Å². The zero-order valence-electron chi connectivity index (χ0n) is 21.6. The van der Waals surface area contributed by atoms with Crippen LogP contribution in [0.15, 0.2) is 82.8 Å². The SMILES string of the molecule is CCCN(CCC)S(=O)(=O)c1ccc(C(=O)N(/N=C/c2ccccc2)c2nc3ccc(OC)cc3s2)cc1. The van der Waals surface area contributed by atoms with Crippen molar-refractivity contribution in [3.8, 4) is 5.75 Å². The number of hydrazone groups is 1. The fraction of sp³-hybridized carbons (Fsp3) is 0.250. The molecule has 0 atom stereocenters. The lowest BCUT2D eigenvalue weighted by Crippen LogP contribution is -2.32. The van der Waals surface area contributed by atoms with E-state index in [4.69, 9.17) is 4.74 Å². The first-order valence-electron chi connectivity index (χ1n) is 12.4. The predicted octanol–water partition coefficient (Wildman–Crippen LogP) is 5.80. The van der Waals surface area contributed by atoms with Gasteiger partial charge in [-0.1, -0.05) is 55.5 Å². The number of methoxy groups -OCH3 is 1. The second-order valence-electron chi connectivity index (χ2n) is 8.53. The Balaban J connectivity index is 1.69. The van der Waals surface area contributed by atoms with Crippen LogP contribution in [0.25, 0.3) is 10.2 Å². The van der Waals surface area contributed by atoms with E-state index in [2.05, 4.69) is 10.1 Å². The summed E-state index contributed by atoms with van der Waals surface area (Å²) in [6.45, 7) is 4.79. The van der Waals surface area contributed by atoms with E-state index in [1.54, 1.807) is 13.3 Å². The van der Waals surface area contributed by atoms with E-state index in [0.29, 0.717) is 35.1 Å². The van der Waals surface area contributed by atoms with Crippen LogP contribution in [0.3, 0.4) is 0 Å². The summed E-state index contributed by atoms with van der Waals surface area (Å²) in [4.78, 5) is 18.4. The van der Waals surface area contributed by atoms with Crippen molar-refractivity contribution in [1.29, 1.82) is 0 Å². The van der Waals surface area contributed by atoms with Gasteiger partial charge < -0.3 is 4.74 Å². The zero-order chi connectivity index (χ0) is 27.1. The molecule has 0 aliphatic carbocycles. The van der Waals surface area contributed by atoms with Gasteiger partial charge in [0, 0.05) is 18.7 Å². The zero-order valence-corrected chi connectivity index (χ0v) is 23.2. The van der Waals surface area contributed by atoms with Crippen LogP contribution in [0.4, 0.5) is 5.13 Å². The summed E-state index contributed by atoms with van der Waals surface area (Å²) < 4.78 is 33.9. The molecule has 198 valence electrons. The number of rotatable bonds is 11. The highest BCUT2D eigenvalue weighted by Gasteiger charge is 2.25. The first kappa shape index (κ1) is 27.4. The summed E-state index contributed by atoms with van der Waals surface area (Å²) in [5.74, 6) is 0.265. The Morgan fingerprint density at radius 2 is 1.68 bits per heavy atom. The lowest BCUT2D eigenvalue weighted by Gasteiger charge is -2.21. The summed E-state index contributed by atoms with van der Waals surface area (Å²) in [6.07, 6.45) is 3.03. The van der Waals surface area contributed by atoms with Crippen LogP contribution in [-0.2, 0) is 10.0 Å². The lowest BCUT2D eigenvalue weighted by molar-refractivity contribution is 0.0987. The highest BCUT2D eigenvalue weighted by molar-refractivity contribution is 7.89. The van der Waals surface area contributed by atoms with Crippen LogP contribution < -0.4 is 9.75 Å². The highest BCUT2D eigenvalue weighted by Crippen LogP contribution is 2.32. The molecule has 1 heterocycles. The molecule has 4 rings (SSSR count). The average Bonchev–Trinajstić information content (AvgIpc) is 3.36. The fourth-order valence-electron chi connectivity index (χ4n) is 3.85. The van der Waals surface area contributed by atoms with Gasteiger partial charge in [0.1, 0.15) is 5.75 Å². The first-order valence-corrected chi connectivity index (χ1v) is 14.6. The fourth-order valence-corrected chi connectivity index (χ4v) is 6.43. The van der Waals surface area contributed by atoms with E-state index in [1.807, 2.05) is 62.4 Å². The lowest BCUT2D eigenvalue weighted by atomic mass is 10.2. The van der Waals surface area contributed by atoms with E-state index in [1.165, 1.54) is 44.9 Å². The van der Waals surface area contributed by atoms with Gasteiger partial charge in [0.2, 0.25) is 15.2 Å². The number of anilines is 1. The standard InChI is InChI=1S/C28H30N4O4S2/c1-4-17-31(18-5-2)38(34,35)24-14-11-22(12-15-24)27(33)32(29-20-21-9-7-6-8-10-21)28-30-25-16-13-23(36-3)19-26(25)37-28/h6-16,19-20H,4-5,17-18H2,1-3H3/b29-20+. The largest absolute Gasteiger partial charge is 0.497 e. The van der Waals surface area contributed by atoms with Gasteiger partial charge in [-0.15, -0.1) is 0 Å². The van der Waals surface area contributed by atoms with Crippen molar-refractivity contribution in [3.63, 3.8) is 0 Å². The molecule has 1 amide bonds. The third-order valence-electron chi connectivity index (χ3n) is 5.76. The van der Waals surface area contributed by atoms with Crippen LogP contribution in [-0.4, -0.2) is 50.0 Å². The molecular weight excluding hydrogens is 520 g/mol. The number of amides is 1. The Morgan fingerprint density at radius 1 is 1.00 bits per heavy atom. The molecule has 4 aromatic rings. The van der Waals surface area contributed by atoms with Gasteiger partial charge in [-0.25, -0.2) is 13.4 Å². The maximum Gasteiger partial charge on any atom is 0.280 e. The van der Waals surface area contributed by atoms with E-state index >= 15 is 0 Å². The molecule has 3 aromatic carbocycles. The quantitative estimate of drug-likeness (QED) is 0.174. The highest BCUT2D eigenvalue weighted by atomic mass is 32.2. The first-order chi connectivity index (χ1) is 18.4. The minimum Gasteiger partial charge on any atom is -0.497 e. The van der Waals surface area contributed by atoms with Gasteiger partial charge >= 0.3 is 0 Å². The van der Waals surface area contributed by atoms with Crippen molar-refractivity contribution < 1.29 is 17.9 Å². The van der Waals surface area contributed by atoms with Gasteiger partial charge in [0.05, 0.1) is 28.4 Å². The molecular formula is C28H30N4O4S2. The van der Waals surface area contributed by atoms with Crippen molar-refractivity contribution in [1.82, 2.24) is 9.29 Å².